The van der Waals surface area contributed by atoms with E-state index < -0.39 is 15.9 Å². The number of imidazole rings is 1. The highest BCUT2D eigenvalue weighted by atomic mass is 35.5. The molecule has 0 amide bonds. The summed E-state index contributed by atoms with van der Waals surface area (Å²) in [5.41, 5.74) is 5.22. The van der Waals surface area contributed by atoms with E-state index in [4.69, 9.17) is 16.6 Å². The molecule has 0 spiro atoms. The van der Waals surface area contributed by atoms with Gasteiger partial charge in [-0.15, -0.1) is 0 Å². The van der Waals surface area contributed by atoms with Crippen molar-refractivity contribution in [3.8, 4) is 11.4 Å². The van der Waals surface area contributed by atoms with Crippen LogP contribution in [0.25, 0.3) is 22.4 Å². The summed E-state index contributed by atoms with van der Waals surface area (Å²) in [5, 5.41) is 14.4. The molecule has 0 aliphatic carbocycles. The number of aryl methyl sites for hydroxylation is 1. The molecule has 1 aliphatic rings. The third kappa shape index (κ3) is 6.58. The molecule has 1 atom stereocenters. The van der Waals surface area contributed by atoms with E-state index in [0.717, 1.165) is 42.5 Å². The Morgan fingerprint density at radius 3 is 2.70 bits per heavy atom. The van der Waals surface area contributed by atoms with Crippen LogP contribution in [-0.2, 0) is 9.84 Å². The van der Waals surface area contributed by atoms with Crippen LogP contribution in [0.4, 0.5) is 5.69 Å². The highest BCUT2D eigenvalue weighted by Gasteiger charge is 2.23. The SMILES string of the molecule is Cc1cc(C2CCN(CCS(C)(=O)=O)CC2)cc2[nH]c(-c3c(NC[C@@H](O)c4cccc(Cl)c4)cc[nH]c3=O)nc12. The smallest absolute Gasteiger partial charge is 0.261 e. The van der Waals surface area contributed by atoms with Crippen LogP contribution in [0.15, 0.2) is 53.5 Å². The quantitative estimate of drug-likeness (QED) is 0.232. The Labute approximate surface area is 238 Å². The number of H-pyrrole nitrogens is 2. The van der Waals surface area contributed by atoms with Gasteiger partial charge in [0.25, 0.3) is 5.56 Å². The number of fused-ring (bicyclic) bond motifs is 1. The molecular formula is C29H34ClN5O4S. The van der Waals surface area contributed by atoms with E-state index in [1.165, 1.54) is 11.8 Å². The van der Waals surface area contributed by atoms with Crippen molar-refractivity contribution in [2.45, 2.75) is 31.8 Å². The number of piperidine rings is 1. The molecule has 5 rings (SSSR count). The number of nitrogens with zero attached hydrogens (tertiary/aromatic N) is 2. The number of halogens is 1. The summed E-state index contributed by atoms with van der Waals surface area (Å²) in [5.74, 6) is 1.01. The zero-order chi connectivity index (χ0) is 28.4. The molecule has 0 bridgehead atoms. The Kier molecular flexibility index (Phi) is 8.32. The Balaban J connectivity index is 1.35. The second-order valence-corrected chi connectivity index (χ2v) is 13.3. The molecule has 2 aromatic heterocycles. The number of aliphatic hydroxyl groups excluding tert-OH is 1. The highest BCUT2D eigenvalue weighted by molar-refractivity contribution is 7.90. The van der Waals surface area contributed by atoms with E-state index in [9.17, 15) is 18.3 Å². The van der Waals surface area contributed by atoms with E-state index in [0.29, 0.717) is 40.1 Å². The maximum absolute atomic E-state index is 12.9. The molecule has 9 nitrogen and oxygen atoms in total. The van der Waals surface area contributed by atoms with Crippen LogP contribution in [-0.4, -0.2) is 71.6 Å². The molecule has 2 aromatic carbocycles. The number of benzene rings is 2. The number of aliphatic hydroxyl groups is 1. The maximum atomic E-state index is 12.9. The molecule has 4 N–H and O–H groups in total. The topological polar surface area (TPSA) is 131 Å². The van der Waals surface area contributed by atoms with Crippen LogP contribution < -0.4 is 10.9 Å². The second-order valence-electron chi connectivity index (χ2n) is 10.6. The first-order chi connectivity index (χ1) is 19.1. The molecule has 1 aliphatic heterocycles. The fourth-order valence-corrected chi connectivity index (χ4v) is 6.15. The lowest BCUT2D eigenvalue weighted by Crippen LogP contribution is -2.36. The van der Waals surface area contributed by atoms with Crippen LogP contribution in [0, 0.1) is 6.92 Å². The fourth-order valence-electron chi connectivity index (χ4n) is 5.36. The lowest BCUT2D eigenvalue weighted by Gasteiger charge is -2.32. The molecule has 212 valence electrons. The summed E-state index contributed by atoms with van der Waals surface area (Å²) in [4.78, 5) is 26.0. The van der Waals surface area contributed by atoms with Gasteiger partial charge in [0.05, 0.1) is 28.6 Å². The first-order valence-electron chi connectivity index (χ1n) is 13.4. The van der Waals surface area contributed by atoms with Crippen molar-refractivity contribution in [3.63, 3.8) is 0 Å². The van der Waals surface area contributed by atoms with Crippen LogP contribution in [0.1, 0.15) is 41.6 Å². The first kappa shape index (κ1) is 28.4. The number of hydrogen-bond acceptors (Lipinski definition) is 7. The van der Waals surface area contributed by atoms with Crippen molar-refractivity contribution >= 4 is 38.2 Å². The normalized spacial score (nSPS) is 15.9. The molecular weight excluding hydrogens is 550 g/mol. The summed E-state index contributed by atoms with van der Waals surface area (Å²) in [6, 6.07) is 13.1. The third-order valence-electron chi connectivity index (χ3n) is 7.55. The average Bonchev–Trinajstić information content (AvgIpc) is 3.35. The monoisotopic (exact) mass is 583 g/mol. The van der Waals surface area contributed by atoms with Gasteiger partial charge in [-0.1, -0.05) is 29.8 Å². The highest BCUT2D eigenvalue weighted by Crippen LogP contribution is 2.33. The predicted molar refractivity (Wildman–Crippen MR) is 160 cm³/mol. The molecule has 1 saturated heterocycles. The summed E-state index contributed by atoms with van der Waals surface area (Å²) >= 11 is 6.07. The number of aromatic nitrogens is 3. The molecule has 0 radical (unpaired) electrons. The van der Waals surface area contributed by atoms with Crippen molar-refractivity contribution in [3.05, 3.63) is 80.7 Å². The zero-order valence-electron chi connectivity index (χ0n) is 22.6. The summed E-state index contributed by atoms with van der Waals surface area (Å²) in [7, 11) is -2.97. The Morgan fingerprint density at radius 1 is 1.20 bits per heavy atom. The largest absolute Gasteiger partial charge is 0.387 e. The van der Waals surface area contributed by atoms with E-state index in [1.54, 1.807) is 36.5 Å². The van der Waals surface area contributed by atoms with Crippen molar-refractivity contribution in [2.24, 2.45) is 0 Å². The third-order valence-corrected chi connectivity index (χ3v) is 8.71. The van der Waals surface area contributed by atoms with Crippen molar-refractivity contribution in [1.82, 2.24) is 19.9 Å². The molecule has 3 heterocycles. The summed E-state index contributed by atoms with van der Waals surface area (Å²) in [6.07, 6.45) is 3.94. The molecule has 11 heteroatoms. The summed E-state index contributed by atoms with van der Waals surface area (Å²) in [6.45, 7) is 4.50. The minimum Gasteiger partial charge on any atom is -0.387 e. The Hall–Kier alpha value is -3.18. The van der Waals surface area contributed by atoms with Gasteiger partial charge in [-0.05, 0) is 79.7 Å². The number of likely N-dealkylation sites (tertiary alicyclic amines) is 1. The predicted octanol–water partition coefficient (Wildman–Crippen LogP) is 4.25. The van der Waals surface area contributed by atoms with Gasteiger partial charge in [-0.2, -0.15) is 0 Å². The van der Waals surface area contributed by atoms with Gasteiger partial charge < -0.3 is 25.3 Å². The van der Waals surface area contributed by atoms with Crippen LogP contribution >= 0.6 is 11.6 Å². The number of anilines is 1. The van der Waals surface area contributed by atoms with Gasteiger partial charge in [0.15, 0.2) is 0 Å². The molecule has 4 aromatic rings. The molecule has 1 fully saturated rings. The fraction of sp³-hybridized carbons (Fsp3) is 0.379. The number of nitrogens with one attached hydrogen (secondary N) is 3. The van der Waals surface area contributed by atoms with E-state index in [2.05, 4.69) is 32.3 Å². The second kappa shape index (κ2) is 11.7. The van der Waals surface area contributed by atoms with Crippen molar-refractivity contribution in [2.75, 3.05) is 43.5 Å². The standard InChI is InChI=1S/C29H34ClN5O4S/c1-18-14-21(19-7-10-35(11-8-19)12-13-40(2,38)39)16-24-27(18)34-28(33-24)26-23(6-9-31-29(26)37)32-17-25(36)20-4-3-5-22(30)15-20/h3-6,9,14-16,19,25,36H,7-8,10-13,17H2,1-2H3,(H,33,34)(H2,31,32,37)/t25-/m1/s1. The zero-order valence-corrected chi connectivity index (χ0v) is 24.1. The van der Waals surface area contributed by atoms with Crippen LogP contribution in [0.3, 0.4) is 0 Å². The van der Waals surface area contributed by atoms with Gasteiger partial charge in [0.2, 0.25) is 0 Å². The Bertz CT molecular complexity index is 1680. The van der Waals surface area contributed by atoms with Gasteiger partial charge >= 0.3 is 0 Å². The number of hydrogen-bond donors (Lipinski definition) is 4. The first-order valence-corrected chi connectivity index (χ1v) is 15.8. The van der Waals surface area contributed by atoms with Crippen molar-refractivity contribution < 1.29 is 13.5 Å². The average molecular weight is 584 g/mol. The van der Waals surface area contributed by atoms with Crippen LogP contribution in [0.5, 0.6) is 0 Å². The number of sulfone groups is 1. The minimum atomic E-state index is -2.97. The molecule has 0 saturated carbocycles. The van der Waals surface area contributed by atoms with Crippen molar-refractivity contribution in [1.29, 1.82) is 0 Å². The van der Waals surface area contributed by atoms with Gasteiger partial charge in [-0.3, -0.25) is 4.79 Å². The summed E-state index contributed by atoms with van der Waals surface area (Å²) < 4.78 is 23.1. The van der Waals surface area contributed by atoms with E-state index in [1.807, 2.05) is 6.92 Å². The number of aromatic amines is 2. The van der Waals surface area contributed by atoms with E-state index in [-0.39, 0.29) is 17.9 Å². The van der Waals surface area contributed by atoms with E-state index >= 15 is 0 Å². The molecule has 40 heavy (non-hydrogen) atoms. The van der Waals surface area contributed by atoms with Gasteiger partial charge in [-0.25, -0.2) is 13.4 Å². The lowest BCUT2D eigenvalue weighted by atomic mass is 9.88. The Morgan fingerprint density at radius 2 is 1.98 bits per heavy atom. The number of rotatable bonds is 9. The maximum Gasteiger partial charge on any atom is 0.261 e. The van der Waals surface area contributed by atoms with Gasteiger partial charge in [0.1, 0.15) is 21.2 Å². The number of pyridine rings is 1. The lowest BCUT2D eigenvalue weighted by molar-refractivity contribution is 0.191. The van der Waals surface area contributed by atoms with Gasteiger partial charge in [0, 0.05) is 30.6 Å². The van der Waals surface area contributed by atoms with Crippen LogP contribution in [0.2, 0.25) is 5.02 Å². The minimum absolute atomic E-state index is 0.184. The molecule has 0 unspecified atom stereocenters.